The Bertz CT molecular complexity index is 1980. The molecule has 3 aromatic rings. The van der Waals surface area contributed by atoms with Gasteiger partial charge in [0, 0.05) is 12.8 Å². The number of para-hydroxylation sites is 1. The summed E-state index contributed by atoms with van der Waals surface area (Å²) in [7, 11) is -4.62. The van der Waals surface area contributed by atoms with Crippen LogP contribution in [0.4, 0.5) is 5.82 Å². The minimum atomic E-state index is -4.62. The third-order valence-electron chi connectivity index (χ3n) is 10.7. The molecule has 3 N–H and O–H groups in total. The van der Waals surface area contributed by atoms with Gasteiger partial charge in [0.15, 0.2) is 18.0 Å². The van der Waals surface area contributed by atoms with Crippen molar-refractivity contribution in [1.29, 1.82) is 5.26 Å². The van der Waals surface area contributed by atoms with Crippen molar-refractivity contribution < 1.29 is 51.7 Å². The van der Waals surface area contributed by atoms with E-state index < -0.39 is 74.2 Å². The van der Waals surface area contributed by atoms with E-state index in [1.165, 1.54) is 29.0 Å². The molecule has 0 amide bonds. The van der Waals surface area contributed by atoms with Gasteiger partial charge in [0.1, 0.15) is 41.7 Å². The molecule has 17 nitrogen and oxygen atoms in total. The number of hydrogen-bond donors (Lipinski definition) is 2. The number of carbonyl (C=O) groups excluding carboxylic acids is 4. The first kappa shape index (κ1) is 40.8. The first-order chi connectivity index (χ1) is 27.0. The van der Waals surface area contributed by atoms with E-state index in [0.717, 1.165) is 51.4 Å². The number of benzene rings is 1. The summed E-state index contributed by atoms with van der Waals surface area (Å²) in [6.07, 6.45) is 3.95. The minimum absolute atomic E-state index is 0.0667. The van der Waals surface area contributed by atoms with Crippen molar-refractivity contribution in [3.8, 4) is 11.8 Å². The average Bonchev–Trinajstić information content (AvgIpc) is 4.02. The molecule has 3 aliphatic rings. The molecular weight excluding hydrogens is 747 g/mol. The van der Waals surface area contributed by atoms with Gasteiger partial charge in [-0.1, -0.05) is 44.9 Å². The van der Waals surface area contributed by atoms with Crippen LogP contribution in [-0.4, -0.2) is 75.4 Å². The lowest BCUT2D eigenvalue weighted by molar-refractivity contribution is -0.169. The van der Waals surface area contributed by atoms with Crippen LogP contribution in [0.2, 0.25) is 0 Å². The number of aromatic nitrogens is 3. The van der Waals surface area contributed by atoms with Gasteiger partial charge >= 0.3 is 25.7 Å². The fraction of sp³-hybridized carbons (Fsp3) is 0.553. The van der Waals surface area contributed by atoms with Gasteiger partial charge in [0.25, 0.3) is 0 Å². The fourth-order valence-corrected chi connectivity index (χ4v) is 9.42. The molecule has 0 spiro atoms. The third kappa shape index (κ3) is 8.58. The highest BCUT2D eigenvalue weighted by Crippen LogP contribution is 2.50. The topological polar surface area (TPSA) is 233 Å². The summed E-state index contributed by atoms with van der Waals surface area (Å²) < 4.78 is 51.8. The van der Waals surface area contributed by atoms with Crippen LogP contribution in [0, 0.1) is 17.2 Å². The molecule has 2 aromatic heterocycles. The molecule has 6 atom stereocenters. The van der Waals surface area contributed by atoms with Gasteiger partial charge in [-0.2, -0.15) is 10.4 Å². The molecule has 3 heterocycles. The number of nitrogen functional groups attached to an aromatic ring is 1. The summed E-state index contributed by atoms with van der Waals surface area (Å²) in [4.78, 5) is 55.6. The van der Waals surface area contributed by atoms with E-state index in [9.17, 15) is 29.0 Å². The van der Waals surface area contributed by atoms with E-state index in [0.29, 0.717) is 11.8 Å². The summed E-state index contributed by atoms with van der Waals surface area (Å²) in [6.45, 7) is 2.40. The SMILES string of the molecule is CCC(=O)O[C@H]1[C@@H](OC(=O)CC)[C@](C#N)(c2ccc3c(N)ncnn23)O[C@@H]1CO[P@@](=O)(N[C@H](C=O)CC(=O)OC1(C2CCCC2)CCCC1)Oc1ccccc1. The molecule has 6 rings (SSSR count). The van der Waals surface area contributed by atoms with Crippen molar-refractivity contribution in [3.63, 3.8) is 0 Å². The van der Waals surface area contributed by atoms with E-state index in [-0.39, 0.29) is 36.0 Å². The van der Waals surface area contributed by atoms with Crippen LogP contribution in [0.3, 0.4) is 0 Å². The highest BCUT2D eigenvalue weighted by Gasteiger charge is 2.63. The number of carbonyl (C=O) groups is 4. The first-order valence-corrected chi connectivity index (χ1v) is 20.5. The molecule has 2 aliphatic carbocycles. The lowest BCUT2D eigenvalue weighted by Gasteiger charge is -2.35. The Hall–Kier alpha value is -4.88. The maximum atomic E-state index is 14.7. The molecule has 1 aromatic carbocycles. The molecule has 56 heavy (non-hydrogen) atoms. The smallest absolute Gasteiger partial charge is 0.459 e. The molecule has 1 saturated heterocycles. The van der Waals surface area contributed by atoms with Crippen molar-refractivity contribution in [2.24, 2.45) is 5.92 Å². The van der Waals surface area contributed by atoms with Crippen LogP contribution < -0.4 is 15.3 Å². The van der Waals surface area contributed by atoms with Gasteiger partial charge < -0.3 is 34.0 Å². The van der Waals surface area contributed by atoms with E-state index in [4.69, 9.17) is 33.7 Å². The van der Waals surface area contributed by atoms with Crippen LogP contribution in [0.25, 0.3) is 5.52 Å². The molecule has 300 valence electrons. The van der Waals surface area contributed by atoms with Gasteiger partial charge in [-0.15, -0.1) is 0 Å². The molecule has 2 saturated carbocycles. The number of hydrogen-bond acceptors (Lipinski definition) is 15. The summed E-state index contributed by atoms with van der Waals surface area (Å²) in [5, 5.41) is 17.7. The number of fused-ring (bicyclic) bond motifs is 1. The van der Waals surface area contributed by atoms with Gasteiger partial charge in [-0.25, -0.2) is 19.2 Å². The van der Waals surface area contributed by atoms with E-state index in [2.05, 4.69) is 21.2 Å². The Balaban J connectivity index is 1.30. The summed E-state index contributed by atoms with van der Waals surface area (Å²) in [6, 6.07) is 11.7. The second kappa shape index (κ2) is 17.5. The molecular formula is C38H47N6O11P. The first-order valence-electron chi connectivity index (χ1n) is 19.0. The minimum Gasteiger partial charge on any atom is -0.459 e. The highest BCUT2D eigenvalue weighted by molar-refractivity contribution is 7.52. The Kier molecular flexibility index (Phi) is 12.7. The van der Waals surface area contributed by atoms with Crippen LogP contribution in [0.1, 0.15) is 90.2 Å². The van der Waals surface area contributed by atoms with Crippen molar-refractivity contribution >= 4 is 43.3 Å². The number of nitrogens with one attached hydrogen (secondary N) is 1. The Morgan fingerprint density at radius 1 is 1.05 bits per heavy atom. The largest absolute Gasteiger partial charge is 0.459 e. The number of nitriles is 1. The van der Waals surface area contributed by atoms with Crippen LogP contribution in [0.15, 0.2) is 48.8 Å². The standard InChI is InChI=1S/C38H47N6O11P/c1-3-31(46)51-34-29(53-38(23-39,35(34)52-32(47)4-2)30-17-16-28-36(40)41-24-42-44(28)30)22-50-56(49,55-27-14-6-5-7-15-27)43-26(21-45)20-33(48)54-37(18-10-11-19-37)25-12-8-9-13-25/h5-7,14-17,21,24-26,29,34-35H,3-4,8-13,18-20,22H2,1-2H3,(H,43,49)(H2,40,41,42)/t26-,29+,34+,35+,38-,56-/m0/s1. The number of nitrogens with two attached hydrogens (primary N) is 1. The molecule has 0 radical (unpaired) electrons. The quantitative estimate of drug-likeness (QED) is 0.0803. The van der Waals surface area contributed by atoms with E-state index in [1.807, 2.05) is 0 Å². The van der Waals surface area contributed by atoms with E-state index >= 15 is 0 Å². The second-order valence-electron chi connectivity index (χ2n) is 14.2. The maximum Gasteiger partial charge on any atom is 0.459 e. The zero-order valence-electron chi connectivity index (χ0n) is 31.4. The molecule has 1 aliphatic heterocycles. The number of rotatable bonds is 17. The Morgan fingerprint density at radius 3 is 2.41 bits per heavy atom. The summed E-state index contributed by atoms with van der Waals surface area (Å²) in [5.41, 5.74) is 3.69. The predicted molar refractivity (Wildman–Crippen MR) is 197 cm³/mol. The van der Waals surface area contributed by atoms with Gasteiger partial charge in [0.2, 0.25) is 5.60 Å². The van der Waals surface area contributed by atoms with Crippen LogP contribution in [0.5, 0.6) is 5.75 Å². The van der Waals surface area contributed by atoms with Crippen LogP contribution >= 0.6 is 7.75 Å². The van der Waals surface area contributed by atoms with Crippen molar-refractivity contribution in [1.82, 2.24) is 19.7 Å². The van der Waals surface area contributed by atoms with Crippen molar-refractivity contribution in [2.75, 3.05) is 12.3 Å². The highest BCUT2D eigenvalue weighted by atomic mass is 31.2. The normalized spacial score (nSPS) is 24.8. The molecule has 18 heteroatoms. The number of anilines is 1. The summed E-state index contributed by atoms with van der Waals surface area (Å²) >= 11 is 0. The van der Waals surface area contributed by atoms with Crippen LogP contribution in [-0.2, 0) is 52.8 Å². The fourth-order valence-electron chi connectivity index (χ4n) is 7.94. The number of nitrogens with zero attached hydrogens (tertiary/aromatic N) is 4. The number of aldehydes is 1. The molecule has 3 fully saturated rings. The van der Waals surface area contributed by atoms with Crippen molar-refractivity contribution in [2.45, 2.75) is 120 Å². The molecule has 0 bridgehead atoms. The zero-order valence-corrected chi connectivity index (χ0v) is 32.3. The lowest BCUT2D eigenvalue weighted by atomic mass is 9.84. The predicted octanol–water partition coefficient (Wildman–Crippen LogP) is 4.87. The van der Waals surface area contributed by atoms with Gasteiger partial charge in [-0.05, 0) is 68.7 Å². The number of ether oxygens (including phenoxy) is 4. The van der Waals surface area contributed by atoms with Crippen molar-refractivity contribution in [3.05, 3.63) is 54.5 Å². The van der Waals surface area contributed by atoms with E-state index in [1.54, 1.807) is 38.1 Å². The third-order valence-corrected chi connectivity index (χ3v) is 12.2. The Morgan fingerprint density at radius 2 is 1.75 bits per heavy atom. The van der Waals surface area contributed by atoms with Gasteiger partial charge in [0.05, 0.1) is 24.8 Å². The zero-order chi connectivity index (χ0) is 39.9. The number of esters is 3. The lowest BCUT2D eigenvalue weighted by Crippen LogP contribution is -2.46. The average molecular weight is 795 g/mol. The van der Waals surface area contributed by atoms with Gasteiger partial charge in [-0.3, -0.25) is 18.9 Å². The Labute approximate surface area is 324 Å². The monoisotopic (exact) mass is 794 g/mol. The summed E-state index contributed by atoms with van der Waals surface area (Å²) in [5.74, 6) is -1.64. The molecule has 0 unspecified atom stereocenters. The second-order valence-corrected chi connectivity index (χ2v) is 15.9. The maximum absolute atomic E-state index is 14.7.